The quantitative estimate of drug-likeness (QED) is 0.853. The van der Waals surface area contributed by atoms with Gasteiger partial charge in [0.1, 0.15) is 11.8 Å². The maximum Gasteiger partial charge on any atom is 0.272 e. The molecule has 1 fully saturated rings. The smallest absolute Gasteiger partial charge is 0.272 e. The van der Waals surface area contributed by atoms with Gasteiger partial charge in [-0.25, -0.2) is 4.98 Å². The molecule has 0 radical (unpaired) electrons. The number of hydrogen-bond acceptors (Lipinski definition) is 4. The fraction of sp³-hybridized carbons (Fsp3) is 0.462. The highest BCUT2D eigenvalue weighted by Crippen LogP contribution is 2.12. The average Bonchev–Trinajstić information content (AvgIpc) is 2.93. The van der Waals surface area contributed by atoms with E-state index < -0.39 is 0 Å². The number of likely N-dealkylation sites (N-methyl/N-ethyl adjacent to an activating group) is 1. The summed E-state index contributed by atoms with van der Waals surface area (Å²) in [7, 11) is 0. The molecular weight excluding hydrogens is 228 g/mol. The van der Waals surface area contributed by atoms with Crippen LogP contribution in [-0.2, 0) is 0 Å². The second-order valence-corrected chi connectivity index (χ2v) is 4.28. The van der Waals surface area contributed by atoms with Gasteiger partial charge >= 0.3 is 0 Å². The number of rotatable bonds is 3. The zero-order valence-electron chi connectivity index (χ0n) is 10.4. The second-order valence-electron chi connectivity index (χ2n) is 4.28. The Morgan fingerprint density at radius 1 is 1.67 bits per heavy atom. The third-order valence-electron chi connectivity index (χ3n) is 3.19. The van der Waals surface area contributed by atoms with Gasteiger partial charge in [-0.3, -0.25) is 4.79 Å². The molecule has 1 aliphatic rings. The Morgan fingerprint density at radius 3 is 3.00 bits per heavy atom. The molecule has 0 saturated carbocycles. The topological polar surface area (TPSA) is 69.0 Å². The lowest BCUT2D eigenvalue weighted by Crippen LogP contribution is -2.41. The highest BCUT2D eigenvalue weighted by molar-refractivity contribution is 5.92. The fourth-order valence-corrected chi connectivity index (χ4v) is 2.21. The molecular formula is C13H16N4O. The number of pyridine rings is 1. The van der Waals surface area contributed by atoms with Gasteiger partial charge in [-0.15, -0.1) is 0 Å². The van der Waals surface area contributed by atoms with Crippen LogP contribution in [0, 0.1) is 11.3 Å². The van der Waals surface area contributed by atoms with Crippen molar-refractivity contribution in [3.8, 4) is 6.07 Å². The second kappa shape index (κ2) is 5.61. The maximum atomic E-state index is 12.3. The zero-order chi connectivity index (χ0) is 13.0. The lowest BCUT2D eigenvalue weighted by Gasteiger charge is -2.26. The molecule has 0 bridgehead atoms. The minimum absolute atomic E-state index is 0.0595. The Labute approximate surface area is 106 Å². The number of nitrogens with zero attached hydrogens (tertiary/aromatic N) is 3. The largest absolute Gasteiger partial charge is 0.333 e. The molecule has 1 N–H and O–H groups in total. The van der Waals surface area contributed by atoms with E-state index in [2.05, 4.69) is 10.3 Å². The summed E-state index contributed by atoms with van der Waals surface area (Å²) in [5.41, 5.74) is 0.875. The number of carbonyl (C=O) groups is 1. The van der Waals surface area contributed by atoms with Gasteiger partial charge in [0, 0.05) is 25.3 Å². The molecule has 0 spiro atoms. The molecule has 1 unspecified atom stereocenters. The van der Waals surface area contributed by atoms with E-state index in [9.17, 15) is 4.79 Å². The first-order valence-electron chi connectivity index (χ1n) is 6.14. The van der Waals surface area contributed by atoms with Crippen molar-refractivity contribution in [3.05, 3.63) is 29.6 Å². The summed E-state index contributed by atoms with van der Waals surface area (Å²) in [6, 6.07) is 5.49. The van der Waals surface area contributed by atoms with E-state index in [1.165, 1.54) is 6.20 Å². The first-order valence-corrected chi connectivity index (χ1v) is 6.14. The van der Waals surface area contributed by atoms with Crippen molar-refractivity contribution in [1.29, 1.82) is 5.26 Å². The molecule has 1 aliphatic heterocycles. The first-order chi connectivity index (χ1) is 8.76. The van der Waals surface area contributed by atoms with Gasteiger partial charge in [-0.1, -0.05) is 0 Å². The summed E-state index contributed by atoms with van der Waals surface area (Å²) in [5, 5.41) is 12.0. The summed E-state index contributed by atoms with van der Waals surface area (Å²) >= 11 is 0. The van der Waals surface area contributed by atoms with E-state index in [1.54, 1.807) is 12.1 Å². The summed E-state index contributed by atoms with van der Waals surface area (Å²) in [4.78, 5) is 18.2. The lowest BCUT2D eigenvalue weighted by molar-refractivity contribution is 0.0697. The van der Waals surface area contributed by atoms with E-state index in [0.717, 1.165) is 19.5 Å². The highest BCUT2D eigenvalue weighted by atomic mass is 16.2. The highest BCUT2D eigenvalue weighted by Gasteiger charge is 2.26. The van der Waals surface area contributed by atoms with Crippen molar-refractivity contribution in [2.24, 2.45) is 0 Å². The normalized spacial score (nSPS) is 18.3. The molecule has 1 amide bonds. The molecule has 1 aromatic heterocycles. The minimum Gasteiger partial charge on any atom is -0.333 e. The summed E-state index contributed by atoms with van der Waals surface area (Å²) in [6.07, 6.45) is 2.42. The summed E-state index contributed by atoms with van der Waals surface area (Å²) in [6.45, 7) is 4.44. The molecule has 94 valence electrons. The predicted octanol–water partition coefficient (Wildman–Crippen LogP) is 0.777. The number of carbonyl (C=O) groups excluding carboxylic acids is 1. The van der Waals surface area contributed by atoms with Gasteiger partial charge in [0.2, 0.25) is 0 Å². The fourth-order valence-electron chi connectivity index (χ4n) is 2.21. The van der Waals surface area contributed by atoms with Crippen molar-refractivity contribution in [3.63, 3.8) is 0 Å². The monoisotopic (exact) mass is 244 g/mol. The molecule has 18 heavy (non-hydrogen) atoms. The van der Waals surface area contributed by atoms with E-state index in [4.69, 9.17) is 5.26 Å². The lowest BCUT2D eigenvalue weighted by atomic mass is 10.2. The molecule has 0 aliphatic carbocycles. The Kier molecular flexibility index (Phi) is 3.90. The van der Waals surface area contributed by atoms with E-state index in [-0.39, 0.29) is 11.9 Å². The number of nitrogens with one attached hydrogen (secondary N) is 1. The minimum atomic E-state index is -0.0595. The van der Waals surface area contributed by atoms with Crippen molar-refractivity contribution >= 4 is 5.91 Å². The third-order valence-corrected chi connectivity index (χ3v) is 3.19. The van der Waals surface area contributed by atoms with Gasteiger partial charge in [-0.2, -0.15) is 5.26 Å². The SMILES string of the molecule is CCN(C(=O)c1ccc(C#N)cn1)C1CCNC1. The van der Waals surface area contributed by atoms with E-state index in [0.29, 0.717) is 17.8 Å². The maximum absolute atomic E-state index is 12.3. The van der Waals surface area contributed by atoms with Crippen molar-refractivity contribution in [2.75, 3.05) is 19.6 Å². The Bertz CT molecular complexity index is 457. The first kappa shape index (κ1) is 12.5. The van der Waals surface area contributed by atoms with Crippen LogP contribution in [0.5, 0.6) is 0 Å². The van der Waals surface area contributed by atoms with E-state index >= 15 is 0 Å². The van der Waals surface area contributed by atoms with Gasteiger partial charge < -0.3 is 10.2 Å². The van der Waals surface area contributed by atoms with Crippen LogP contribution in [0.4, 0.5) is 0 Å². The van der Waals surface area contributed by atoms with Gasteiger partial charge in [0.15, 0.2) is 0 Å². The van der Waals surface area contributed by atoms with Crippen molar-refractivity contribution < 1.29 is 4.79 Å². The van der Waals surface area contributed by atoms with Crippen LogP contribution < -0.4 is 5.32 Å². The molecule has 1 saturated heterocycles. The van der Waals surface area contributed by atoms with Gasteiger partial charge in [0.25, 0.3) is 5.91 Å². The van der Waals surface area contributed by atoms with Crippen LogP contribution in [0.2, 0.25) is 0 Å². The van der Waals surface area contributed by atoms with Crippen LogP contribution in [0.3, 0.4) is 0 Å². The molecule has 0 aromatic carbocycles. The van der Waals surface area contributed by atoms with Crippen LogP contribution >= 0.6 is 0 Å². The number of aromatic nitrogens is 1. The number of hydrogen-bond donors (Lipinski definition) is 1. The van der Waals surface area contributed by atoms with Crippen molar-refractivity contribution in [1.82, 2.24) is 15.2 Å². The Hall–Kier alpha value is -1.93. The van der Waals surface area contributed by atoms with Gasteiger partial charge in [0.05, 0.1) is 5.56 Å². The van der Waals surface area contributed by atoms with Gasteiger partial charge in [-0.05, 0) is 32.0 Å². The zero-order valence-corrected chi connectivity index (χ0v) is 10.4. The molecule has 1 aromatic rings. The number of nitriles is 1. The standard InChI is InChI=1S/C13H16N4O/c1-2-17(11-5-6-15-9-11)13(18)12-4-3-10(7-14)8-16-12/h3-4,8,11,15H,2,5-6,9H2,1H3. The molecule has 5 nitrogen and oxygen atoms in total. The Morgan fingerprint density at radius 2 is 2.50 bits per heavy atom. The number of amides is 1. The predicted molar refractivity (Wildman–Crippen MR) is 66.9 cm³/mol. The van der Waals surface area contributed by atoms with Crippen LogP contribution in [0.15, 0.2) is 18.3 Å². The molecule has 1 atom stereocenters. The Balaban J connectivity index is 2.15. The average molecular weight is 244 g/mol. The van der Waals surface area contributed by atoms with Crippen LogP contribution in [0.1, 0.15) is 29.4 Å². The van der Waals surface area contributed by atoms with Crippen molar-refractivity contribution in [2.45, 2.75) is 19.4 Å². The van der Waals surface area contributed by atoms with E-state index in [1.807, 2.05) is 17.9 Å². The molecule has 2 rings (SSSR count). The van der Waals surface area contributed by atoms with Crippen LogP contribution in [-0.4, -0.2) is 41.5 Å². The third kappa shape index (κ3) is 2.49. The summed E-state index contributed by atoms with van der Waals surface area (Å²) in [5.74, 6) is -0.0595. The molecule has 2 heterocycles. The molecule has 5 heteroatoms. The van der Waals surface area contributed by atoms with Crippen LogP contribution in [0.25, 0.3) is 0 Å². The summed E-state index contributed by atoms with van der Waals surface area (Å²) < 4.78 is 0.